The van der Waals surface area contributed by atoms with Crippen LogP contribution in [0.2, 0.25) is 0 Å². The van der Waals surface area contributed by atoms with Crippen LogP contribution in [0.25, 0.3) is 0 Å². The summed E-state index contributed by atoms with van der Waals surface area (Å²) in [6.45, 7) is 50.4. The number of piperidine rings is 2. The van der Waals surface area contributed by atoms with Gasteiger partial charge < -0.3 is 14.7 Å². The summed E-state index contributed by atoms with van der Waals surface area (Å²) in [6, 6.07) is 11.3. The SMILES string of the molecule is CC(C)C1CCN(C(C)C)CC1.CC(C)CC1CCN(c2ccc(C(C)C)nn2)CC1.CC(C)N1CCN(C(C)C)CC1.CC(C)c1ccc(N2CCN(C(C)C)CC2)nn1. The lowest BCUT2D eigenvalue weighted by atomic mass is 9.86. The van der Waals surface area contributed by atoms with Crippen LogP contribution in [0.5, 0.6) is 0 Å². The Morgan fingerprint density at radius 1 is 0.410 bits per heavy atom. The summed E-state index contributed by atoms with van der Waals surface area (Å²) < 4.78 is 0. The van der Waals surface area contributed by atoms with Gasteiger partial charge in [-0.05, 0) is 160 Å². The molecule has 4 fully saturated rings. The lowest BCUT2D eigenvalue weighted by Gasteiger charge is -2.38. The zero-order chi connectivity index (χ0) is 45.2. The molecule has 0 aromatic carbocycles. The Hall–Kier alpha value is -2.40. The monoisotopic (exact) mass is 849 g/mol. The number of hydrogen-bond acceptors (Lipinski definition) is 10. The summed E-state index contributed by atoms with van der Waals surface area (Å²) in [4.78, 5) is 14.9. The normalized spacial score (nSPS) is 19.5. The molecular weight excluding hydrogens is 753 g/mol. The number of piperazine rings is 2. The lowest BCUT2D eigenvalue weighted by molar-refractivity contribution is 0.0887. The number of likely N-dealkylation sites (tertiary alicyclic amines) is 1. The molecule has 4 saturated heterocycles. The molecule has 2 aromatic rings. The molecule has 0 unspecified atom stereocenters. The molecular formula is C51H96N10. The van der Waals surface area contributed by atoms with Gasteiger partial charge in [0.05, 0.1) is 11.4 Å². The molecule has 10 heteroatoms. The molecule has 0 saturated carbocycles. The minimum atomic E-state index is 0.448. The van der Waals surface area contributed by atoms with Crippen LogP contribution in [0, 0.1) is 23.7 Å². The molecule has 0 aliphatic carbocycles. The predicted molar refractivity (Wildman–Crippen MR) is 263 cm³/mol. The lowest BCUT2D eigenvalue weighted by Crippen LogP contribution is -2.50. The zero-order valence-corrected chi connectivity index (χ0v) is 42.6. The van der Waals surface area contributed by atoms with Crippen molar-refractivity contribution in [3.05, 3.63) is 35.7 Å². The Kier molecular flexibility index (Phi) is 23.5. The second-order valence-corrected chi connectivity index (χ2v) is 21.1. The Labute approximate surface area is 377 Å². The first-order chi connectivity index (χ1) is 28.9. The molecule has 0 bridgehead atoms. The maximum Gasteiger partial charge on any atom is 0.151 e. The molecule has 0 radical (unpaired) electrons. The quantitative estimate of drug-likeness (QED) is 0.218. The van der Waals surface area contributed by atoms with Crippen molar-refractivity contribution in [3.63, 3.8) is 0 Å². The summed E-state index contributed by atoms with van der Waals surface area (Å²) in [5.41, 5.74) is 2.15. The van der Waals surface area contributed by atoms with Crippen molar-refractivity contribution in [2.75, 3.05) is 88.3 Å². The van der Waals surface area contributed by atoms with E-state index in [1.54, 1.807) is 0 Å². The molecule has 4 aliphatic rings. The molecule has 350 valence electrons. The molecule has 0 spiro atoms. The maximum atomic E-state index is 4.39. The third kappa shape index (κ3) is 18.7. The molecule has 6 heterocycles. The van der Waals surface area contributed by atoms with E-state index in [4.69, 9.17) is 0 Å². The first-order valence-electron chi connectivity index (χ1n) is 25.0. The highest BCUT2D eigenvalue weighted by atomic mass is 15.3. The third-order valence-electron chi connectivity index (χ3n) is 13.7. The van der Waals surface area contributed by atoms with E-state index in [-0.39, 0.29) is 0 Å². The van der Waals surface area contributed by atoms with Crippen molar-refractivity contribution in [2.45, 2.75) is 179 Å². The van der Waals surface area contributed by atoms with Gasteiger partial charge in [-0.3, -0.25) is 14.7 Å². The zero-order valence-electron chi connectivity index (χ0n) is 42.6. The second kappa shape index (κ2) is 27.0. The molecule has 61 heavy (non-hydrogen) atoms. The van der Waals surface area contributed by atoms with Crippen molar-refractivity contribution < 1.29 is 0 Å². The first kappa shape index (κ1) is 52.9. The minimum absolute atomic E-state index is 0.448. The fourth-order valence-electron chi connectivity index (χ4n) is 9.03. The first-order valence-corrected chi connectivity index (χ1v) is 25.0. The van der Waals surface area contributed by atoms with Crippen LogP contribution in [0.15, 0.2) is 24.3 Å². The van der Waals surface area contributed by atoms with E-state index in [9.17, 15) is 0 Å². The van der Waals surface area contributed by atoms with E-state index in [1.807, 2.05) is 0 Å². The average molecular weight is 849 g/mol. The summed E-state index contributed by atoms with van der Waals surface area (Å²) >= 11 is 0. The van der Waals surface area contributed by atoms with Gasteiger partial charge in [0, 0.05) is 89.6 Å². The minimum Gasteiger partial charge on any atom is -0.355 e. The highest BCUT2D eigenvalue weighted by molar-refractivity contribution is 5.39. The maximum absolute atomic E-state index is 4.39. The van der Waals surface area contributed by atoms with Crippen molar-refractivity contribution in [1.29, 1.82) is 0 Å². The van der Waals surface area contributed by atoms with Gasteiger partial charge in [-0.2, -0.15) is 10.2 Å². The Morgan fingerprint density at radius 3 is 1.05 bits per heavy atom. The molecule has 4 aliphatic heterocycles. The van der Waals surface area contributed by atoms with Crippen LogP contribution in [-0.4, -0.2) is 143 Å². The third-order valence-corrected chi connectivity index (χ3v) is 13.7. The topological polar surface area (TPSA) is 71.0 Å². The van der Waals surface area contributed by atoms with Gasteiger partial charge in [-0.1, -0.05) is 55.4 Å². The van der Waals surface area contributed by atoms with Crippen molar-refractivity contribution in [2.24, 2.45) is 23.7 Å². The summed E-state index contributed by atoms with van der Waals surface area (Å²) in [5, 5.41) is 17.4. The van der Waals surface area contributed by atoms with E-state index in [0.29, 0.717) is 17.9 Å². The van der Waals surface area contributed by atoms with Crippen molar-refractivity contribution in [1.82, 2.24) is 40.0 Å². The predicted octanol–water partition coefficient (Wildman–Crippen LogP) is 10.2. The van der Waals surface area contributed by atoms with E-state index in [1.165, 1.54) is 71.4 Å². The fraction of sp³-hybridized carbons (Fsp3) is 0.843. The van der Waals surface area contributed by atoms with Crippen LogP contribution >= 0.6 is 0 Å². The number of aromatic nitrogens is 4. The van der Waals surface area contributed by atoms with Gasteiger partial charge in [0.1, 0.15) is 0 Å². The van der Waals surface area contributed by atoms with Crippen LogP contribution in [0.4, 0.5) is 11.6 Å². The molecule has 0 atom stereocenters. The van der Waals surface area contributed by atoms with Gasteiger partial charge in [0.2, 0.25) is 0 Å². The smallest absolute Gasteiger partial charge is 0.151 e. The van der Waals surface area contributed by atoms with Crippen LogP contribution in [-0.2, 0) is 0 Å². The van der Waals surface area contributed by atoms with E-state index < -0.39 is 0 Å². The summed E-state index contributed by atoms with van der Waals surface area (Å²) in [7, 11) is 0. The second-order valence-electron chi connectivity index (χ2n) is 21.1. The van der Waals surface area contributed by atoms with Gasteiger partial charge in [0.15, 0.2) is 11.6 Å². The Balaban J connectivity index is 0.000000222. The average Bonchev–Trinajstić information content (AvgIpc) is 3.24. The largest absolute Gasteiger partial charge is 0.355 e. The van der Waals surface area contributed by atoms with Crippen LogP contribution < -0.4 is 9.80 Å². The highest BCUT2D eigenvalue weighted by Gasteiger charge is 2.24. The number of anilines is 2. The van der Waals surface area contributed by atoms with Gasteiger partial charge in [-0.15, -0.1) is 10.2 Å². The summed E-state index contributed by atoms with van der Waals surface area (Å²) in [6.07, 6.45) is 6.79. The molecule has 2 aromatic heterocycles. The van der Waals surface area contributed by atoms with Gasteiger partial charge in [-0.25, -0.2) is 0 Å². The highest BCUT2D eigenvalue weighted by Crippen LogP contribution is 2.27. The molecule has 6 rings (SSSR count). The van der Waals surface area contributed by atoms with Crippen LogP contribution in [0.1, 0.15) is 166 Å². The number of hydrogen-bond donors (Lipinski definition) is 0. The molecule has 0 amide bonds. The number of rotatable bonds is 11. The molecule has 10 nitrogen and oxygen atoms in total. The number of nitrogens with zero attached hydrogens (tertiary/aromatic N) is 10. The van der Waals surface area contributed by atoms with Crippen LogP contribution in [0.3, 0.4) is 0 Å². The van der Waals surface area contributed by atoms with E-state index >= 15 is 0 Å². The van der Waals surface area contributed by atoms with E-state index in [2.05, 4.69) is 185 Å². The summed E-state index contributed by atoms with van der Waals surface area (Å²) in [5.74, 6) is 6.57. The fourth-order valence-corrected chi connectivity index (χ4v) is 9.03. The Bertz CT molecular complexity index is 1330. The van der Waals surface area contributed by atoms with Crippen molar-refractivity contribution in [3.8, 4) is 0 Å². The van der Waals surface area contributed by atoms with Gasteiger partial charge >= 0.3 is 0 Å². The molecule has 0 N–H and O–H groups in total. The van der Waals surface area contributed by atoms with Crippen molar-refractivity contribution >= 4 is 11.6 Å². The Morgan fingerprint density at radius 2 is 0.754 bits per heavy atom. The van der Waals surface area contributed by atoms with Gasteiger partial charge in [0.25, 0.3) is 0 Å². The van der Waals surface area contributed by atoms with E-state index in [0.717, 1.165) is 104 Å². The standard InChI is InChI=1S/C16H27N3.C14H24N4.C11H23N.C10H22N2/c1-12(2)11-14-7-9-19(10-8-14)16-6-5-15(13(3)4)17-18-16;1-11(2)13-5-6-14(16-15-13)18-9-7-17(8-10-18)12(3)4;2*1-9(2)11-5-7-12(8-6-11)10(3)4/h5-6,12-14H,7-11H2,1-4H3;5-6,11-12H,7-10H2,1-4H3;9-11H,5-8H2,1-4H3;9-10H,5-8H2,1-4H3.